The third kappa shape index (κ3) is 3.24. The van der Waals surface area contributed by atoms with Crippen molar-refractivity contribution >= 4 is 17.2 Å². The van der Waals surface area contributed by atoms with Crippen LogP contribution in [-0.4, -0.2) is 18.4 Å². The molecule has 0 fully saturated rings. The first-order valence-electron chi connectivity index (χ1n) is 6.01. The molecule has 0 bridgehead atoms. The molecule has 0 aromatic heterocycles. The molecule has 1 rings (SSSR count). The summed E-state index contributed by atoms with van der Waals surface area (Å²) in [6, 6.07) is 7.84. The maximum absolute atomic E-state index is 11.5. The zero-order valence-electron chi connectivity index (χ0n) is 11.1. The second kappa shape index (κ2) is 6.06. The van der Waals surface area contributed by atoms with Crippen LogP contribution in [0.3, 0.4) is 0 Å². The van der Waals surface area contributed by atoms with Gasteiger partial charge in [-0.3, -0.25) is 4.79 Å². The van der Waals surface area contributed by atoms with Crippen LogP contribution in [0.15, 0.2) is 18.2 Å². The van der Waals surface area contributed by atoms with Crippen LogP contribution in [0.2, 0.25) is 0 Å². The summed E-state index contributed by atoms with van der Waals surface area (Å²) in [5.41, 5.74) is 7.74. The zero-order chi connectivity index (χ0) is 13.7. The zero-order valence-corrected chi connectivity index (χ0v) is 11.1. The van der Waals surface area contributed by atoms with E-state index in [2.05, 4.69) is 24.8 Å². The Morgan fingerprint density at radius 3 is 2.67 bits per heavy atom. The van der Waals surface area contributed by atoms with E-state index < -0.39 is 0 Å². The van der Waals surface area contributed by atoms with Crippen LogP contribution < -0.4 is 10.6 Å². The molecule has 0 unspecified atom stereocenters. The Labute approximate surface area is 108 Å². The Hall–Kier alpha value is -2.02. The molecule has 0 aliphatic rings. The average molecular weight is 245 g/mol. The van der Waals surface area contributed by atoms with E-state index in [1.54, 1.807) is 12.1 Å². The maximum atomic E-state index is 11.5. The van der Waals surface area contributed by atoms with Gasteiger partial charge in [0.1, 0.15) is 0 Å². The summed E-state index contributed by atoms with van der Waals surface area (Å²) in [7, 11) is 0. The van der Waals surface area contributed by atoms with E-state index in [4.69, 9.17) is 11.0 Å². The molecule has 2 N–H and O–H groups in total. The third-order valence-electron chi connectivity index (χ3n) is 2.84. The summed E-state index contributed by atoms with van der Waals surface area (Å²) >= 11 is 0. The Balaban J connectivity index is 3.09. The van der Waals surface area contributed by atoms with Gasteiger partial charge in [-0.05, 0) is 39.0 Å². The van der Waals surface area contributed by atoms with E-state index in [-0.39, 0.29) is 11.8 Å². The highest BCUT2D eigenvalue weighted by atomic mass is 16.1. The number of hydrogen-bond acceptors (Lipinski definition) is 4. The Morgan fingerprint density at radius 1 is 1.50 bits per heavy atom. The largest absolute Gasteiger partial charge is 0.398 e. The number of ketones is 1. The van der Waals surface area contributed by atoms with Gasteiger partial charge in [-0.25, -0.2) is 0 Å². The second-order valence-corrected chi connectivity index (χ2v) is 4.52. The molecule has 0 atom stereocenters. The van der Waals surface area contributed by atoms with Crippen LogP contribution in [0, 0.1) is 11.3 Å². The highest BCUT2D eigenvalue weighted by Crippen LogP contribution is 2.23. The molecule has 96 valence electrons. The van der Waals surface area contributed by atoms with Crippen molar-refractivity contribution in [2.75, 3.05) is 17.2 Å². The van der Waals surface area contributed by atoms with Crippen LogP contribution in [0.5, 0.6) is 0 Å². The highest BCUT2D eigenvalue weighted by Gasteiger charge is 2.13. The van der Waals surface area contributed by atoms with Crippen molar-refractivity contribution in [1.82, 2.24) is 0 Å². The Kier molecular flexibility index (Phi) is 4.73. The number of hydrogen-bond donors (Lipinski definition) is 1. The van der Waals surface area contributed by atoms with Crippen molar-refractivity contribution in [2.24, 2.45) is 0 Å². The van der Waals surface area contributed by atoms with E-state index in [1.165, 1.54) is 6.92 Å². The highest BCUT2D eigenvalue weighted by molar-refractivity contribution is 6.00. The lowest BCUT2D eigenvalue weighted by molar-refractivity contribution is 0.101. The lowest BCUT2D eigenvalue weighted by Crippen LogP contribution is -2.31. The van der Waals surface area contributed by atoms with Crippen molar-refractivity contribution in [2.45, 2.75) is 33.2 Å². The number of nitrogen functional groups attached to an aromatic ring is 1. The fourth-order valence-electron chi connectivity index (χ4n) is 1.88. The normalized spacial score (nSPS) is 10.2. The van der Waals surface area contributed by atoms with Crippen LogP contribution in [0.25, 0.3) is 0 Å². The van der Waals surface area contributed by atoms with Crippen molar-refractivity contribution in [3.8, 4) is 6.07 Å². The number of benzene rings is 1. The van der Waals surface area contributed by atoms with Crippen molar-refractivity contribution in [3.63, 3.8) is 0 Å². The van der Waals surface area contributed by atoms with Gasteiger partial charge in [-0.15, -0.1) is 0 Å². The lowest BCUT2D eigenvalue weighted by atomic mass is 10.1. The van der Waals surface area contributed by atoms with Gasteiger partial charge in [0, 0.05) is 29.5 Å². The molecule has 0 aliphatic heterocycles. The summed E-state index contributed by atoms with van der Waals surface area (Å²) in [6.45, 7) is 6.27. The summed E-state index contributed by atoms with van der Waals surface area (Å²) in [5, 5.41) is 8.68. The fraction of sp³-hybridized carbons (Fsp3) is 0.429. The minimum Gasteiger partial charge on any atom is -0.398 e. The molecule has 0 spiro atoms. The topological polar surface area (TPSA) is 70.1 Å². The SMILES string of the molecule is CC(=O)c1cc(N(CCC#N)C(C)C)ccc1N. The molecule has 1 aromatic rings. The van der Waals surface area contributed by atoms with E-state index in [1.807, 2.05) is 6.07 Å². The van der Waals surface area contributed by atoms with Gasteiger partial charge in [0.25, 0.3) is 0 Å². The number of carbonyl (C=O) groups excluding carboxylic acids is 1. The van der Waals surface area contributed by atoms with Gasteiger partial charge < -0.3 is 10.6 Å². The minimum atomic E-state index is -0.0432. The molecule has 0 amide bonds. The molecule has 0 saturated carbocycles. The number of nitriles is 1. The number of Topliss-reactive ketones (excluding diaryl/α,β-unsaturated/α-hetero) is 1. The molecule has 0 heterocycles. The number of rotatable bonds is 5. The monoisotopic (exact) mass is 245 g/mol. The van der Waals surface area contributed by atoms with Crippen molar-refractivity contribution < 1.29 is 4.79 Å². The Bertz CT molecular complexity index is 474. The fourth-order valence-corrected chi connectivity index (χ4v) is 1.88. The summed E-state index contributed by atoms with van der Waals surface area (Å²) < 4.78 is 0. The van der Waals surface area contributed by atoms with Crippen LogP contribution in [-0.2, 0) is 0 Å². The summed E-state index contributed by atoms with van der Waals surface area (Å²) in [4.78, 5) is 13.6. The predicted octanol–water partition coefficient (Wildman–Crippen LogP) is 2.60. The quantitative estimate of drug-likeness (QED) is 0.639. The smallest absolute Gasteiger partial charge is 0.161 e. The van der Waals surface area contributed by atoms with Gasteiger partial charge >= 0.3 is 0 Å². The van der Waals surface area contributed by atoms with E-state index >= 15 is 0 Å². The average Bonchev–Trinajstić information content (AvgIpc) is 2.30. The first kappa shape index (κ1) is 14.0. The van der Waals surface area contributed by atoms with Crippen molar-refractivity contribution in [1.29, 1.82) is 5.26 Å². The molecule has 4 heteroatoms. The van der Waals surface area contributed by atoms with Gasteiger partial charge in [-0.2, -0.15) is 5.26 Å². The van der Waals surface area contributed by atoms with Gasteiger partial charge in [-0.1, -0.05) is 0 Å². The molecular formula is C14H19N3O. The van der Waals surface area contributed by atoms with Crippen LogP contribution in [0.4, 0.5) is 11.4 Å². The number of nitrogens with zero attached hydrogens (tertiary/aromatic N) is 2. The molecule has 0 saturated heterocycles. The number of anilines is 2. The van der Waals surface area contributed by atoms with E-state index in [0.717, 1.165) is 5.69 Å². The second-order valence-electron chi connectivity index (χ2n) is 4.52. The van der Waals surface area contributed by atoms with Gasteiger partial charge in [0.2, 0.25) is 0 Å². The van der Waals surface area contributed by atoms with Crippen LogP contribution in [0.1, 0.15) is 37.6 Å². The van der Waals surface area contributed by atoms with Crippen LogP contribution >= 0.6 is 0 Å². The minimum absolute atomic E-state index is 0.0432. The Morgan fingerprint density at radius 2 is 2.17 bits per heavy atom. The first-order valence-corrected chi connectivity index (χ1v) is 6.01. The molecular weight excluding hydrogens is 226 g/mol. The molecule has 18 heavy (non-hydrogen) atoms. The number of carbonyl (C=O) groups is 1. The summed E-state index contributed by atoms with van der Waals surface area (Å²) in [5.74, 6) is -0.0432. The van der Waals surface area contributed by atoms with Crippen molar-refractivity contribution in [3.05, 3.63) is 23.8 Å². The first-order chi connectivity index (χ1) is 8.47. The van der Waals surface area contributed by atoms with Gasteiger partial charge in [0.15, 0.2) is 5.78 Å². The standard InChI is InChI=1S/C14H19N3O/c1-10(2)17(8-4-7-15)12-5-6-14(16)13(9-12)11(3)18/h5-6,9-10H,4,8,16H2,1-3H3. The van der Waals surface area contributed by atoms with Gasteiger partial charge in [0.05, 0.1) is 12.5 Å². The maximum Gasteiger partial charge on any atom is 0.161 e. The molecule has 0 radical (unpaired) electrons. The van der Waals surface area contributed by atoms with E-state index in [9.17, 15) is 4.79 Å². The van der Waals surface area contributed by atoms with E-state index in [0.29, 0.717) is 24.2 Å². The third-order valence-corrected chi connectivity index (χ3v) is 2.84. The number of nitrogens with two attached hydrogens (primary N) is 1. The molecule has 4 nitrogen and oxygen atoms in total. The molecule has 1 aromatic carbocycles. The summed E-state index contributed by atoms with van der Waals surface area (Å²) in [6.07, 6.45) is 0.456. The lowest BCUT2D eigenvalue weighted by Gasteiger charge is -2.28. The molecule has 0 aliphatic carbocycles. The predicted molar refractivity (Wildman–Crippen MR) is 73.6 cm³/mol.